The molecule has 0 aromatic heterocycles. The van der Waals surface area contributed by atoms with Gasteiger partial charge in [0.25, 0.3) is 0 Å². The molecule has 12 saturated carbocycles. The monoisotopic (exact) mass is 928 g/mol. The number of ketones is 1. The Bertz CT molecular complexity index is 2290. The summed E-state index contributed by atoms with van der Waals surface area (Å²) in [4.78, 5) is 29.6. The van der Waals surface area contributed by atoms with Crippen LogP contribution in [0.3, 0.4) is 0 Å². The molecule has 0 aliphatic heterocycles. The highest BCUT2D eigenvalue weighted by Gasteiger charge is 2.58. The molecule has 6 unspecified atom stereocenters. The topological polar surface area (TPSA) is 105 Å². The Morgan fingerprint density at radius 1 is 0.603 bits per heavy atom. The third-order valence-corrected chi connectivity index (χ3v) is 22.9. The SMILES string of the molecule is C.C.COC(=O)CO/N=C1\CCC2C3CCc4cc(O)c(C56CC7CC(CC(C7)C5)C6)cc4C3CC[C@]12C.C[C@]12CCC3c4cc(C56CC7CC(CC(C7)C5)C6)c(O)cc4CCC3C1CCC2=O. The van der Waals surface area contributed by atoms with Crippen molar-refractivity contribution in [1.82, 2.24) is 0 Å². The molecule has 7 nitrogen and oxygen atoms in total. The molecule has 0 heterocycles. The van der Waals surface area contributed by atoms with Crippen LogP contribution in [0, 0.1) is 70.0 Å². The highest BCUT2D eigenvalue weighted by Crippen LogP contribution is 2.66. The molecule has 8 atom stereocenters. The van der Waals surface area contributed by atoms with Crippen LogP contribution in [0.2, 0.25) is 0 Å². The predicted molar refractivity (Wildman–Crippen MR) is 269 cm³/mol. The van der Waals surface area contributed by atoms with E-state index in [0.717, 1.165) is 92.6 Å². The molecule has 68 heavy (non-hydrogen) atoms. The van der Waals surface area contributed by atoms with E-state index in [0.29, 0.717) is 52.8 Å². The number of aromatic hydroxyl groups is 2. The Labute approximate surface area is 408 Å². The number of hydrogen-bond acceptors (Lipinski definition) is 7. The summed E-state index contributed by atoms with van der Waals surface area (Å²) in [6.07, 6.45) is 29.6. The maximum absolute atomic E-state index is 12.7. The summed E-state index contributed by atoms with van der Waals surface area (Å²) in [7, 11) is 1.38. The maximum atomic E-state index is 12.7. The number of hydrogen-bond donors (Lipinski definition) is 2. The first kappa shape index (κ1) is 47.0. The van der Waals surface area contributed by atoms with E-state index in [4.69, 9.17) is 9.57 Å². The summed E-state index contributed by atoms with van der Waals surface area (Å²) in [5, 5.41) is 27.0. The molecule has 2 aromatic rings. The average molecular weight is 928 g/mol. The normalized spacial score (nSPS) is 44.2. The molecule has 0 amide bonds. The summed E-state index contributed by atoms with van der Waals surface area (Å²) in [5.74, 6) is 10.5. The van der Waals surface area contributed by atoms with Crippen molar-refractivity contribution >= 4 is 17.5 Å². The number of oxime groups is 1. The number of methoxy groups -OCH3 is 1. The van der Waals surface area contributed by atoms with Crippen LogP contribution in [0.4, 0.5) is 0 Å². The molecule has 0 saturated heterocycles. The Kier molecular flexibility index (Phi) is 11.7. The zero-order valence-electron chi connectivity index (χ0n) is 40.4. The molecule has 8 bridgehead atoms. The molecular weight excluding hydrogens is 843 g/mol. The number of carbonyl (C=O) groups excluding carboxylic acids is 2. The van der Waals surface area contributed by atoms with Gasteiger partial charge in [-0.15, -0.1) is 0 Å². The van der Waals surface area contributed by atoms with Crippen molar-refractivity contribution in [2.45, 2.75) is 205 Å². The van der Waals surface area contributed by atoms with Gasteiger partial charge in [-0.05, 0) is 264 Å². The number of fused-ring (bicyclic) bond motifs is 10. The van der Waals surface area contributed by atoms with Crippen LogP contribution in [0.5, 0.6) is 11.5 Å². The minimum absolute atomic E-state index is 0. The van der Waals surface area contributed by atoms with Crippen LogP contribution < -0.4 is 0 Å². The second kappa shape index (κ2) is 16.9. The van der Waals surface area contributed by atoms with E-state index in [9.17, 15) is 19.8 Å². The fourth-order valence-electron chi connectivity index (χ4n) is 20.9. The molecule has 0 spiro atoms. The van der Waals surface area contributed by atoms with Gasteiger partial charge >= 0.3 is 5.97 Å². The maximum Gasteiger partial charge on any atom is 0.346 e. The van der Waals surface area contributed by atoms with Crippen LogP contribution in [0.25, 0.3) is 0 Å². The van der Waals surface area contributed by atoms with Crippen molar-refractivity contribution in [3.63, 3.8) is 0 Å². The first-order valence-corrected chi connectivity index (χ1v) is 27.4. The number of aryl methyl sites for hydroxylation is 2. The third-order valence-electron chi connectivity index (χ3n) is 22.9. The molecule has 14 aliphatic carbocycles. The van der Waals surface area contributed by atoms with E-state index in [1.807, 2.05) is 0 Å². The van der Waals surface area contributed by atoms with Crippen LogP contribution >= 0.6 is 0 Å². The highest BCUT2D eigenvalue weighted by molar-refractivity contribution is 5.92. The zero-order chi connectivity index (χ0) is 44.9. The number of phenols is 2. The van der Waals surface area contributed by atoms with Gasteiger partial charge in [0, 0.05) is 28.4 Å². The van der Waals surface area contributed by atoms with E-state index >= 15 is 0 Å². The van der Waals surface area contributed by atoms with Crippen molar-refractivity contribution < 1.29 is 29.4 Å². The van der Waals surface area contributed by atoms with Gasteiger partial charge in [-0.25, -0.2) is 4.79 Å². The van der Waals surface area contributed by atoms with Gasteiger partial charge in [0.1, 0.15) is 17.3 Å². The molecule has 12 fully saturated rings. The van der Waals surface area contributed by atoms with Gasteiger partial charge in [-0.2, -0.15) is 0 Å². The standard InChI is InChI=1S/C31H41NO4.C28H36O2.2CH4/c1-30-8-7-22-23(25(30)5-6-28(30)32-36-17-29(34)35-2)4-3-21-12-27(33)26(13-24(21)22)31-14-18-9-19(15-31)11-20(10-18)16-31;1-27-7-6-20-21(23(27)4-5-26(27)30)3-2-19-11-25(29)24(12-22(19)20)28-13-16-8-17(14-28)10-18(9-16)15-28;;/h12-13,18-20,22-23,25,33H,3-11,14-17H2,1-2H3;11-12,16-18,20-21,23,29H,2-10,13-15H2,1H3;2*1H4/b32-28+;;;/t18?,19?,20?,22?,23?,25?,30-,31?;16?,17?,18?,20?,21?,23?,27-,28?;;/m00../s1. The Morgan fingerprint density at radius 3 is 1.49 bits per heavy atom. The molecule has 2 N–H and O–H groups in total. The Hall–Kier alpha value is -3.35. The quantitative estimate of drug-likeness (QED) is 0.229. The first-order chi connectivity index (χ1) is 31.8. The number of benzene rings is 2. The first-order valence-electron chi connectivity index (χ1n) is 27.4. The van der Waals surface area contributed by atoms with Crippen LogP contribution in [-0.2, 0) is 42.8 Å². The van der Waals surface area contributed by atoms with Crippen molar-refractivity contribution in [3.05, 3.63) is 57.6 Å². The van der Waals surface area contributed by atoms with Crippen molar-refractivity contribution in [2.24, 2.45) is 75.2 Å². The van der Waals surface area contributed by atoms with E-state index in [2.05, 4.69) is 43.3 Å². The van der Waals surface area contributed by atoms with E-state index in [1.165, 1.54) is 132 Å². The van der Waals surface area contributed by atoms with E-state index in [-0.39, 0.29) is 49.1 Å². The second-order valence-corrected chi connectivity index (χ2v) is 26.2. The summed E-state index contributed by atoms with van der Waals surface area (Å²) >= 11 is 0. The summed E-state index contributed by atoms with van der Waals surface area (Å²) < 4.78 is 4.69. The zero-order valence-corrected chi connectivity index (χ0v) is 40.4. The lowest BCUT2D eigenvalue weighted by atomic mass is 9.47. The highest BCUT2D eigenvalue weighted by atomic mass is 16.6. The predicted octanol–water partition coefficient (Wildman–Crippen LogP) is 13.8. The fraction of sp³-hybridized carbons (Fsp3) is 0.754. The summed E-state index contributed by atoms with van der Waals surface area (Å²) in [6, 6.07) is 9.37. The molecule has 14 aliphatic rings. The van der Waals surface area contributed by atoms with Crippen LogP contribution in [0.15, 0.2) is 29.4 Å². The van der Waals surface area contributed by atoms with Crippen molar-refractivity contribution in [3.8, 4) is 11.5 Å². The molecular formula is C61H85NO6. The number of esters is 1. The number of carbonyl (C=O) groups is 2. The molecule has 370 valence electrons. The smallest absolute Gasteiger partial charge is 0.346 e. The number of phenolic OH excluding ortho intramolecular Hbond substituents is 2. The largest absolute Gasteiger partial charge is 0.508 e. The van der Waals surface area contributed by atoms with Gasteiger partial charge in [0.05, 0.1) is 12.8 Å². The third kappa shape index (κ3) is 7.14. The van der Waals surface area contributed by atoms with E-state index in [1.54, 1.807) is 11.1 Å². The molecule has 2 aromatic carbocycles. The molecule has 16 rings (SSSR count). The van der Waals surface area contributed by atoms with Gasteiger partial charge in [-0.1, -0.05) is 46.0 Å². The van der Waals surface area contributed by atoms with Crippen LogP contribution in [-0.4, -0.2) is 41.4 Å². The van der Waals surface area contributed by atoms with Gasteiger partial charge < -0.3 is 19.8 Å². The lowest BCUT2D eigenvalue weighted by molar-refractivity contribution is -0.145. The number of ether oxygens (including phenoxy) is 1. The fourth-order valence-corrected chi connectivity index (χ4v) is 20.9. The lowest BCUT2D eigenvalue weighted by Crippen LogP contribution is -2.48. The Balaban J connectivity index is 0.000000147. The van der Waals surface area contributed by atoms with Crippen molar-refractivity contribution in [1.29, 1.82) is 0 Å². The van der Waals surface area contributed by atoms with E-state index < -0.39 is 0 Å². The summed E-state index contributed by atoms with van der Waals surface area (Å²) in [6.45, 7) is 4.54. The summed E-state index contributed by atoms with van der Waals surface area (Å²) in [5.41, 5.74) is 10.2. The minimum atomic E-state index is -0.385. The van der Waals surface area contributed by atoms with Gasteiger partial charge in [-0.3, -0.25) is 4.79 Å². The van der Waals surface area contributed by atoms with Crippen molar-refractivity contribution in [2.75, 3.05) is 13.7 Å². The number of rotatable bonds is 5. The molecule has 0 radical (unpaired) electrons. The number of nitrogens with zero attached hydrogens (tertiary/aromatic N) is 1. The van der Waals surface area contributed by atoms with Gasteiger partial charge in [0.2, 0.25) is 6.61 Å². The average Bonchev–Trinajstić information content (AvgIpc) is 3.79. The second-order valence-electron chi connectivity index (χ2n) is 26.2. The molecule has 7 heteroatoms. The Morgan fingerprint density at radius 2 is 1.03 bits per heavy atom. The lowest BCUT2D eigenvalue weighted by Gasteiger charge is -2.57. The number of Topliss-reactive ketones (excluding diaryl/α,β-unsaturated/α-hetero) is 1. The minimum Gasteiger partial charge on any atom is -0.508 e. The van der Waals surface area contributed by atoms with Gasteiger partial charge in [0.15, 0.2) is 0 Å². The van der Waals surface area contributed by atoms with Crippen LogP contribution in [0.1, 0.15) is 215 Å².